The average Bonchev–Trinajstić information content (AvgIpc) is 3.09. The Labute approximate surface area is 242 Å². The van der Waals surface area contributed by atoms with Crippen LogP contribution in [-0.2, 0) is 36.8 Å². The highest BCUT2D eigenvalue weighted by Crippen LogP contribution is 2.28. The van der Waals surface area contributed by atoms with Crippen LogP contribution in [-0.4, -0.2) is 92.7 Å². The molecular weight excluding hydrogens is 528 g/mol. The van der Waals surface area contributed by atoms with Gasteiger partial charge in [-0.1, -0.05) is 12.1 Å². The fourth-order valence-electron chi connectivity index (χ4n) is 4.52. The highest BCUT2D eigenvalue weighted by atomic mass is 16.5. The second kappa shape index (κ2) is 19.0. The summed E-state index contributed by atoms with van der Waals surface area (Å²) < 4.78 is 22.5. The fraction of sp³-hybridized carbons (Fsp3) is 0.567. The molecule has 0 radical (unpaired) electrons. The standard InChI is InChI=1S/C30H44N4O7/c31-9-3-13-38-16-18-40-19-17-39-14-5-12-34-23-26-21-27(41-15-4-11-33-28-6-1-2-10-32-28)8-7-24(26)20-25(30(34)37)22-29(35)36/h1-2,6-8,10,21,25H,3-5,9,11-20,22-23,31H2,(H,32,33)(H,35,36)/t25-/m1/s1. The Balaban J connectivity index is 1.43. The summed E-state index contributed by atoms with van der Waals surface area (Å²) in [6.07, 6.45) is 4.23. The Morgan fingerprint density at radius 1 is 0.976 bits per heavy atom. The van der Waals surface area contributed by atoms with Crippen LogP contribution in [0.2, 0.25) is 0 Å². The highest BCUT2D eigenvalue weighted by Gasteiger charge is 2.31. The molecule has 1 amide bonds. The number of carboxylic acid groups (broad SMARTS) is 1. The van der Waals surface area contributed by atoms with Crippen molar-refractivity contribution >= 4 is 17.7 Å². The van der Waals surface area contributed by atoms with Crippen LogP contribution in [0.5, 0.6) is 5.75 Å². The van der Waals surface area contributed by atoms with Gasteiger partial charge in [-0.3, -0.25) is 9.59 Å². The van der Waals surface area contributed by atoms with E-state index in [4.69, 9.17) is 24.7 Å². The van der Waals surface area contributed by atoms with Gasteiger partial charge in [0.1, 0.15) is 11.6 Å². The fourth-order valence-corrected chi connectivity index (χ4v) is 4.52. The van der Waals surface area contributed by atoms with Gasteiger partial charge in [0.2, 0.25) is 5.91 Å². The largest absolute Gasteiger partial charge is 0.494 e. The monoisotopic (exact) mass is 572 g/mol. The normalized spacial score (nSPS) is 14.9. The maximum Gasteiger partial charge on any atom is 0.304 e. The minimum Gasteiger partial charge on any atom is -0.494 e. The van der Waals surface area contributed by atoms with E-state index in [1.807, 2.05) is 36.4 Å². The van der Waals surface area contributed by atoms with E-state index < -0.39 is 11.9 Å². The number of rotatable bonds is 21. The summed E-state index contributed by atoms with van der Waals surface area (Å²) in [5.74, 6) is -0.140. The first-order valence-corrected chi connectivity index (χ1v) is 14.4. The van der Waals surface area contributed by atoms with Gasteiger partial charge in [0.15, 0.2) is 0 Å². The predicted molar refractivity (Wildman–Crippen MR) is 155 cm³/mol. The molecule has 1 aromatic carbocycles. The Morgan fingerprint density at radius 2 is 1.73 bits per heavy atom. The molecule has 3 rings (SSSR count). The molecule has 0 aliphatic carbocycles. The third kappa shape index (κ3) is 12.4. The van der Waals surface area contributed by atoms with Crippen LogP contribution < -0.4 is 15.8 Å². The molecule has 41 heavy (non-hydrogen) atoms. The van der Waals surface area contributed by atoms with Crippen molar-refractivity contribution in [2.24, 2.45) is 11.7 Å². The zero-order valence-corrected chi connectivity index (χ0v) is 23.8. The number of nitrogens with two attached hydrogens (primary N) is 1. The van der Waals surface area contributed by atoms with Crippen molar-refractivity contribution in [2.45, 2.75) is 38.6 Å². The van der Waals surface area contributed by atoms with Gasteiger partial charge < -0.3 is 40.0 Å². The summed E-state index contributed by atoms with van der Waals surface area (Å²) in [6, 6.07) is 11.5. The molecule has 226 valence electrons. The van der Waals surface area contributed by atoms with Gasteiger partial charge in [0, 0.05) is 39.0 Å². The Morgan fingerprint density at radius 3 is 2.44 bits per heavy atom. The molecule has 2 aromatic rings. The summed E-state index contributed by atoms with van der Waals surface area (Å²) in [7, 11) is 0. The third-order valence-electron chi connectivity index (χ3n) is 6.60. The molecule has 4 N–H and O–H groups in total. The number of carbonyl (C=O) groups is 2. The number of carboxylic acids is 1. The smallest absolute Gasteiger partial charge is 0.304 e. The van der Waals surface area contributed by atoms with E-state index in [0.29, 0.717) is 78.7 Å². The average molecular weight is 573 g/mol. The molecule has 0 spiro atoms. The lowest BCUT2D eigenvalue weighted by Gasteiger charge is -2.24. The van der Waals surface area contributed by atoms with Crippen LogP contribution in [0.1, 0.15) is 36.8 Å². The number of carbonyl (C=O) groups excluding carboxylic acids is 1. The van der Waals surface area contributed by atoms with Gasteiger partial charge in [0.25, 0.3) is 0 Å². The first kappa shape index (κ1) is 32.3. The van der Waals surface area contributed by atoms with E-state index >= 15 is 0 Å². The molecule has 1 aromatic heterocycles. The van der Waals surface area contributed by atoms with Crippen molar-refractivity contribution in [1.82, 2.24) is 9.88 Å². The Bertz CT molecular complexity index is 1040. The first-order valence-electron chi connectivity index (χ1n) is 14.4. The molecule has 2 heterocycles. The van der Waals surface area contributed by atoms with Crippen molar-refractivity contribution < 1.29 is 33.6 Å². The van der Waals surface area contributed by atoms with Gasteiger partial charge in [-0.2, -0.15) is 0 Å². The zero-order valence-electron chi connectivity index (χ0n) is 23.8. The summed E-state index contributed by atoms with van der Waals surface area (Å²) in [5, 5.41) is 12.7. The van der Waals surface area contributed by atoms with Crippen LogP contribution in [0, 0.1) is 5.92 Å². The van der Waals surface area contributed by atoms with Crippen LogP contribution in [0.4, 0.5) is 5.82 Å². The lowest BCUT2D eigenvalue weighted by Crippen LogP contribution is -2.36. The number of nitrogens with one attached hydrogen (secondary N) is 1. The molecule has 0 saturated carbocycles. The summed E-state index contributed by atoms with van der Waals surface area (Å²) in [4.78, 5) is 30.7. The topological polar surface area (TPSA) is 145 Å². The van der Waals surface area contributed by atoms with Crippen LogP contribution >= 0.6 is 0 Å². The van der Waals surface area contributed by atoms with Gasteiger partial charge in [-0.15, -0.1) is 0 Å². The molecule has 1 atom stereocenters. The SMILES string of the molecule is NCCCOCCOCCOCCCN1Cc2cc(OCCCNc3ccccn3)ccc2C[C@H](CC(=O)O)C1=O. The van der Waals surface area contributed by atoms with Gasteiger partial charge in [0.05, 0.1) is 45.4 Å². The molecule has 0 bridgehead atoms. The number of ether oxygens (including phenoxy) is 4. The molecule has 11 heteroatoms. The minimum absolute atomic E-state index is 0.135. The molecule has 11 nitrogen and oxygen atoms in total. The van der Waals surface area contributed by atoms with E-state index in [1.165, 1.54) is 0 Å². The zero-order chi connectivity index (χ0) is 29.1. The number of fused-ring (bicyclic) bond motifs is 1. The minimum atomic E-state index is -0.973. The number of anilines is 1. The lowest BCUT2D eigenvalue weighted by atomic mass is 9.94. The van der Waals surface area contributed by atoms with Crippen molar-refractivity contribution in [1.29, 1.82) is 0 Å². The molecule has 0 saturated heterocycles. The van der Waals surface area contributed by atoms with Crippen LogP contribution in [0.25, 0.3) is 0 Å². The number of nitrogens with zero attached hydrogens (tertiary/aromatic N) is 2. The molecule has 1 aliphatic heterocycles. The summed E-state index contributed by atoms with van der Waals surface area (Å²) in [6.45, 7) is 5.87. The third-order valence-corrected chi connectivity index (χ3v) is 6.60. The second-order valence-corrected chi connectivity index (χ2v) is 9.87. The van der Waals surface area contributed by atoms with Gasteiger partial charge in [-0.25, -0.2) is 4.98 Å². The second-order valence-electron chi connectivity index (χ2n) is 9.87. The highest BCUT2D eigenvalue weighted by molar-refractivity contribution is 5.84. The number of pyridine rings is 1. The Hall–Kier alpha value is -3.25. The van der Waals surface area contributed by atoms with Crippen molar-refractivity contribution in [3.8, 4) is 5.75 Å². The van der Waals surface area contributed by atoms with Crippen LogP contribution in [0.15, 0.2) is 42.6 Å². The van der Waals surface area contributed by atoms with E-state index in [1.54, 1.807) is 11.1 Å². The van der Waals surface area contributed by atoms with E-state index in [0.717, 1.165) is 42.1 Å². The molecule has 0 fully saturated rings. The number of aromatic nitrogens is 1. The van der Waals surface area contributed by atoms with Gasteiger partial charge >= 0.3 is 5.97 Å². The van der Waals surface area contributed by atoms with E-state index in [2.05, 4.69) is 10.3 Å². The number of hydrogen-bond donors (Lipinski definition) is 3. The number of amides is 1. The van der Waals surface area contributed by atoms with Crippen LogP contribution in [0.3, 0.4) is 0 Å². The van der Waals surface area contributed by atoms with E-state index in [9.17, 15) is 14.7 Å². The van der Waals surface area contributed by atoms with E-state index in [-0.39, 0.29) is 12.3 Å². The quantitative estimate of drug-likeness (QED) is 0.191. The summed E-state index contributed by atoms with van der Waals surface area (Å²) >= 11 is 0. The molecular formula is C30H44N4O7. The summed E-state index contributed by atoms with van der Waals surface area (Å²) in [5.41, 5.74) is 7.39. The lowest BCUT2D eigenvalue weighted by molar-refractivity contribution is -0.144. The maximum atomic E-state index is 13.3. The maximum absolute atomic E-state index is 13.3. The van der Waals surface area contributed by atoms with Crippen molar-refractivity contribution in [3.05, 3.63) is 53.7 Å². The van der Waals surface area contributed by atoms with Crippen molar-refractivity contribution in [3.63, 3.8) is 0 Å². The predicted octanol–water partition coefficient (Wildman–Crippen LogP) is 2.73. The molecule has 1 aliphatic rings. The van der Waals surface area contributed by atoms with Crippen molar-refractivity contribution in [2.75, 3.05) is 71.2 Å². The number of aliphatic carboxylic acids is 1. The molecule has 0 unspecified atom stereocenters. The number of benzene rings is 1. The van der Waals surface area contributed by atoms with Gasteiger partial charge in [-0.05, 0) is 67.6 Å². The first-order chi connectivity index (χ1) is 20.1. The Kier molecular flexibility index (Phi) is 14.9. The number of hydrogen-bond acceptors (Lipinski definition) is 9.